The number of rotatable bonds is 2. The highest BCUT2D eigenvalue weighted by molar-refractivity contribution is 6.52. The molecule has 1 aliphatic rings. The van der Waals surface area contributed by atoms with Crippen LogP contribution in [0.5, 0.6) is 11.5 Å². The van der Waals surface area contributed by atoms with E-state index < -0.39 is 11.6 Å². The summed E-state index contributed by atoms with van der Waals surface area (Å²) in [5.74, 6) is -1.68. The van der Waals surface area contributed by atoms with E-state index in [-0.39, 0.29) is 33.4 Å². The van der Waals surface area contributed by atoms with Crippen molar-refractivity contribution in [3.05, 3.63) is 28.3 Å². The first-order chi connectivity index (χ1) is 8.51. The number of carbonyl (C=O) groups excluding carboxylic acids is 2. The summed E-state index contributed by atoms with van der Waals surface area (Å²) < 4.78 is 10.1. The monoisotopic (exact) mass is 268 g/mol. The van der Waals surface area contributed by atoms with Crippen molar-refractivity contribution in [1.29, 1.82) is 0 Å². The van der Waals surface area contributed by atoms with Crippen LogP contribution in [0.15, 0.2) is 12.1 Å². The number of carbonyl (C=O) groups is 2. The lowest BCUT2D eigenvalue weighted by molar-refractivity contribution is -0.111. The van der Waals surface area contributed by atoms with Gasteiger partial charge in [-0.15, -0.1) is 0 Å². The van der Waals surface area contributed by atoms with Gasteiger partial charge in [-0.3, -0.25) is 9.59 Å². The molecule has 1 aromatic carbocycles. The highest BCUT2D eigenvalue weighted by atomic mass is 35.5. The minimum atomic E-state index is -0.831. The lowest BCUT2D eigenvalue weighted by Gasteiger charge is -2.19. The second kappa shape index (κ2) is 4.34. The largest absolute Gasteiger partial charge is 0.507 e. The number of aliphatic hydroxyl groups is 1. The van der Waals surface area contributed by atoms with Crippen LogP contribution < -0.4 is 9.47 Å². The molecule has 0 aromatic heterocycles. The molecule has 0 unspecified atom stereocenters. The van der Waals surface area contributed by atoms with E-state index in [2.05, 4.69) is 0 Å². The standard InChI is InChI=1S/C12H9ClO5/c1-17-8-3-5(13)9-6(14)4-7(15)11(16)10(9)12(8)18-2/h3-4,14H,1-2H3. The molecule has 1 N–H and O–H groups in total. The number of hydrogen-bond donors (Lipinski definition) is 1. The molecule has 0 saturated carbocycles. The Balaban J connectivity index is 2.87. The van der Waals surface area contributed by atoms with E-state index in [1.165, 1.54) is 20.3 Å². The van der Waals surface area contributed by atoms with Crippen LogP contribution in [0.4, 0.5) is 0 Å². The summed E-state index contributed by atoms with van der Waals surface area (Å²) in [6.45, 7) is 0. The molecule has 0 amide bonds. The van der Waals surface area contributed by atoms with Crippen LogP contribution >= 0.6 is 11.6 Å². The Bertz CT molecular complexity index is 589. The lowest BCUT2D eigenvalue weighted by Crippen LogP contribution is -2.20. The van der Waals surface area contributed by atoms with E-state index in [1.54, 1.807) is 0 Å². The predicted molar refractivity (Wildman–Crippen MR) is 64.5 cm³/mol. The molecule has 94 valence electrons. The number of hydrogen-bond acceptors (Lipinski definition) is 5. The smallest absolute Gasteiger partial charge is 0.237 e. The van der Waals surface area contributed by atoms with E-state index >= 15 is 0 Å². The normalized spacial score (nSPS) is 14.1. The van der Waals surface area contributed by atoms with E-state index in [0.717, 1.165) is 6.08 Å². The van der Waals surface area contributed by atoms with Crippen LogP contribution in [0.2, 0.25) is 5.02 Å². The van der Waals surface area contributed by atoms with E-state index in [1.807, 2.05) is 0 Å². The zero-order valence-corrected chi connectivity index (χ0v) is 10.4. The van der Waals surface area contributed by atoms with E-state index in [0.29, 0.717) is 0 Å². The van der Waals surface area contributed by atoms with Crippen LogP contribution in [0, 0.1) is 0 Å². The third-order valence-electron chi connectivity index (χ3n) is 2.60. The third kappa shape index (κ3) is 1.64. The van der Waals surface area contributed by atoms with Crippen molar-refractivity contribution >= 4 is 28.9 Å². The zero-order chi connectivity index (χ0) is 13.4. The van der Waals surface area contributed by atoms with Gasteiger partial charge in [0.15, 0.2) is 11.5 Å². The Morgan fingerprint density at radius 3 is 2.39 bits per heavy atom. The highest BCUT2D eigenvalue weighted by Gasteiger charge is 2.33. The second-order valence-corrected chi connectivity index (χ2v) is 3.97. The average molecular weight is 269 g/mol. The minimum Gasteiger partial charge on any atom is -0.507 e. The molecule has 0 aliphatic heterocycles. The Hall–Kier alpha value is -2.01. The number of benzene rings is 1. The van der Waals surface area contributed by atoms with Gasteiger partial charge in [0.2, 0.25) is 11.6 Å². The Morgan fingerprint density at radius 1 is 1.17 bits per heavy atom. The van der Waals surface area contributed by atoms with Crippen LogP contribution in [0.25, 0.3) is 5.76 Å². The molecule has 6 heteroatoms. The molecule has 0 atom stereocenters. The van der Waals surface area contributed by atoms with Crippen LogP contribution in [-0.4, -0.2) is 30.9 Å². The summed E-state index contributed by atoms with van der Waals surface area (Å²) in [6, 6.07) is 1.41. The Labute approximate surface area is 108 Å². The quantitative estimate of drug-likeness (QED) is 0.831. The number of halogens is 1. The van der Waals surface area contributed by atoms with Gasteiger partial charge >= 0.3 is 0 Å². The van der Waals surface area contributed by atoms with Gasteiger partial charge in [0, 0.05) is 12.1 Å². The molecule has 0 bridgehead atoms. The van der Waals surface area contributed by atoms with Gasteiger partial charge in [0.25, 0.3) is 0 Å². The number of aliphatic hydroxyl groups excluding tert-OH is 1. The Morgan fingerprint density at radius 2 is 1.83 bits per heavy atom. The van der Waals surface area contributed by atoms with Gasteiger partial charge in [0.1, 0.15) is 5.76 Å². The Kier molecular flexibility index (Phi) is 3.00. The molecule has 0 fully saturated rings. The summed E-state index contributed by atoms with van der Waals surface area (Å²) >= 11 is 5.96. The number of methoxy groups -OCH3 is 2. The maximum Gasteiger partial charge on any atom is 0.237 e. The van der Waals surface area contributed by atoms with Crippen molar-refractivity contribution in [1.82, 2.24) is 0 Å². The summed E-state index contributed by atoms with van der Waals surface area (Å²) in [5, 5.41) is 9.83. The fraction of sp³-hybridized carbons (Fsp3) is 0.167. The topological polar surface area (TPSA) is 72.8 Å². The maximum absolute atomic E-state index is 11.9. The first-order valence-electron chi connectivity index (χ1n) is 4.95. The second-order valence-electron chi connectivity index (χ2n) is 3.57. The van der Waals surface area contributed by atoms with Crippen molar-refractivity contribution in [3.63, 3.8) is 0 Å². The number of ketones is 2. The molecule has 0 radical (unpaired) electrons. The van der Waals surface area contributed by atoms with E-state index in [9.17, 15) is 14.7 Å². The zero-order valence-electron chi connectivity index (χ0n) is 9.61. The predicted octanol–water partition coefficient (Wildman–Crippen LogP) is 2.02. The maximum atomic E-state index is 11.9. The summed E-state index contributed by atoms with van der Waals surface area (Å²) in [4.78, 5) is 23.3. The molecule has 0 spiro atoms. The van der Waals surface area contributed by atoms with Gasteiger partial charge in [-0.2, -0.15) is 0 Å². The molecule has 1 aromatic rings. The number of ether oxygens (including phenoxy) is 2. The first-order valence-corrected chi connectivity index (χ1v) is 5.33. The summed E-state index contributed by atoms with van der Waals surface area (Å²) in [6.07, 6.45) is 0.836. The number of fused-ring (bicyclic) bond motifs is 1. The molecule has 2 rings (SSSR count). The van der Waals surface area contributed by atoms with Gasteiger partial charge in [-0.25, -0.2) is 0 Å². The van der Waals surface area contributed by atoms with Crippen LogP contribution in [0.3, 0.4) is 0 Å². The molecule has 5 nitrogen and oxygen atoms in total. The number of allylic oxidation sites excluding steroid dienone is 1. The van der Waals surface area contributed by atoms with Gasteiger partial charge in [0.05, 0.1) is 30.4 Å². The third-order valence-corrected chi connectivity index (χ3v) is 2.89. The van der Waals surface area contributed by atoms with Crippen LogP contribution in [-0.2, 0) is 4.79 Å². The van der Waals surface area contributed by atoms with Crippen molar-refractivity contribution in [2.45, 2.75) is 0 Å². The minimum absolute atomic E-state index is 0.0770. The summed E-state index contributed by atoms with van der Waals surface area (Å²) in [7, 11) is 2.71. The van der Waals surface area contributed by atoms with E-state index in [4.69, 9.17) is 21.1 Å². The van der Waals surface area contributed by atoms with Crippen molar-refractivity contribution in [2.75, 3.05) is 14.2 Å². The van der Waals surface area contributed by atoms with Gasteiger partial charge in [-0.05, 0) is 0 Å². The number of Topliss-reactive ketones (excluding diaryl/α,β-unsaturated/α-hetero) is 1. The molecule has 18 heavy (non-hydrogen) atoms. The fourth-order valence-electron chi connectivity index (χ4n) is 1.82. The highest BCUT2D eigenvalue weighted by Crippen LogP contribution is 2.42. The lowest BCUT2D eigenvalue weighted by atomic mass is 9.92. The molecular weight excluding hydrogens is 260 g/mol. The van der Waals surface area contributed by atoms with Crippen LogP contribution in [0.1, 0.15) is 15.9 Å². The molecule has 0 heterocycles. The van der Waals surface area contributed by atoms with Crippen molar-refractivity contribution in [2.24, 2.45) is 0 Å². The first kappa shape index (κ1) is 12.4. The molecular formula is C12H9ClO5. The SMILES string of the molecule is COc1cc(Cl)c2c(c1OC)C(=O)C(=O)C=C2O. The van der Waals surface area contributed by atoms with Gasteiger partial charge in [-0.1, -0.05) is 11.6 Å². The molecule has 0 saturated heterocycles. The average Bonchev–Trinajstić information content (AvgIpc) is 2.34. The molecule has 1 aliphatic carbocycles. The van der Waals surface area contributed by atoms with Crippen molar-refractivity contribution < 1.29 is 24.2 Å². The van der Waals surface area contributed by atoms with Crippen molar-refractivity contribution in [3.8, 4) is 11.5 Å². The van der Waals surface area contributed by atoms with Gasteiger partial charge < -0.3 is 14.6 Å². The summed E-state index contributed by atoms with van der Waals surface area (Å²) in [5.41, 5.74) is 0.00534. The fourth-order valence-corrected chi connectivity index (χ4v) is 2.11.